The van der Waals surface area contributed by atoms with E-state index in [1.54, 1.807) is 13.8 Å². The predicted molar refractivity (Wildman–Crippen MR) is 83.5 cm³/mol. The van der Waals surface area contributed by atoms with E-state index in [4.69, 9.17) is 9.47 Å². The molecule has 0 bridgehead atoms. The van der Waals surface area contributed by atoms with Gasteiger partial charge in [-0.25, -0.2) is 9.78 Å². The Hall–Kier alpha value is -1.88. The van der Waals surface area contributed by atoms with Crippen LogP contribution in [0.1, 0.15) is 27.2 Å². The van der Waals surface area contributed by atoms with Gasteiger partial charge in [0.05, 0.1) is 12.8 Å². The molecule has 0 atom stereocenters. The molecule has 1 heterocycles. The van der Waals surface area contributed by atoms with Crippen LogP contribution in [-0.4, -0.2) is 18.1 Å². The van der Waals surface area contributed by atoms with E-state index in [1.165, 1.54) is 7.11 Å². The third-order valence-electron chi connectivity index (χ3n) is 3.12. The second-order valence-corrected chi connectivity index (χ2v) is 5.33. The van der Waals surface area contributed by atoms with Gasteiger partial charge in [-0.2, -0.15) is 0 Å². The minimum Gasteiger partial charge on any atom is -0.486 e. The van der Waals surface area contributed by atoms with E-state index in [2.05, 4.69) is 20.9 Å². The number of nitrogens with zero attached hydrogens (tertiary/aromatic N) is 1. The summed E-state index contributed by atoms with van der Waals surface area (Å²) >= 11 is 3.35. The topological polar surface area (TPSA) is 48.4 Å². The molecule has 0 saturated heterocycles. The first kappa shape index (κ1) is 15.5. The summed E-state index contributed by atoms with van der Waals surface area (Å²) in [4.78, 5) is 16.4. The van der Waals surface area contributed by atoms with Crippen LogP contribution in [0.2, 0.25) is 0 Å². The molecule has 0 radical (unpaired) electrons. The first-order valence-electron chi connectivity index (χ1n) is 6.46. The Morgan fingerprint density at radius 1 is 1.24 bits per heavy atom. The molecule has 0 amide bonds. The number of benzene rings is 1. The quantitative estimate of drug-likeness (QED) is 0.621. The molecule has 4 nitrogen and oxygen atoms in total. The van der Waals surface area contributed by atoms with Gasteiger partial charge in [-0.15, -0.1) is 0 Å². The molecule has 0 aliphatic rings. The summed E-state index contributed by atoms with van der Waals surface area (Å²) in [6, 6.07) is 9.76. The Morgan fingerprint density at radius 3 is 2.52 bits per heavy atom. The highest BCUT2D eigenvalue weighted by molar-refractivity contribution is 9.10. The van der Waals surface area contributed by atoms with Crippen molar-refractivity contribution in [2.45, 2.75) is 20.5 Å². The molecule has 2 aromatic rings. The number of esters is 1. The Morgan fingerprint density at radius 2 is 1.90 bits per heavy atom. The molecule has 0 N–H and O–H groups in total. The number of aromatic nitrogens is 1. The fourth-order valence-corrected chi connectivity index (χ4v) is 2.45. The maximum absolute atomic E-state index is 12.0. The zero-order valence-corrected chi connectivity index (χ0v) is 13.7. The maximum Gasteiger partial charge on any atom is 0.342 e. The number of methoxy groups -OCH3 is 1. The molecule has 0 fully saturated rings. The molecule has 21 heavy (non-hydrogen) atoms. The van der Waals surface area contributed by atoms with Crippen molar-refractivity contribution in [2.75, 3.05) is 7.11 Å². The molecule has 110 valence electrons. The Labute approximate surface area is 132 Å². The van der Waals surface area contributed by atoms with Gasteiger partial charge in [-0.05, 0) is 35.3 Å². The highest BCUT2D eigenvalue weighted by Gasteiger charge is 2.22. The average Bonchev–Trinajstić information content (AvgIpc) is 2.49. The number of hydrogen-bond acceptors (Lipinski definition) is 4. The molecule has 0 aliphatic carbocycles. The minimum absolute atomic E-state index is 0.369. The molecule has 1 aromatic heterocycles. The number of carbonyl (C=O) groups is 1. The molecule has 5 heteroatoms. The van der Waals surface area contributed by atoms with Crippen molar-refractivity contribution in [3.8, 4) is 5.75 Å². The van der Waals surface area contributed by atoms with Gasteiger partial charge in [0.15, 0.2) is 5.75 Å². The van der Waals surface area contributed by atoms with E-state index in [-0.39, 0.29) is 0 Å². The van der Waals surface area contributed by atoms with Gasteiger partial charge >= 0.3 is 5.97 Å². The summed E-state index contributed by atoms with van der Waals surface area (Å²) in [7, 11) is 1.35. The van der Waals surface area contributed by atoms with Gasteiger partial charge in [0, 0.05) is 5.56 Å². The number of hydrogen-bond donors (Lipinski definition) is 0. The molecular weight excluding hydrogens is 334 g/mol. The van der Waals surface area contributed by atoms with Crippen molar-refractivity contribution in [1.29, 1.82) is 0 Å². The number of rotatable bonds is 4. The summed E-state index contributed by atoms with van der Waals surface area (Å²) in [6.07, 6.45) is 0. The van der Waals surface area contributed by atoms with Crippen LogP contribution < -0.4 is 4.74 Å². The number of aryl methyl sites for hydroxylation is 1. The molecule has 2 rings (SSSR count). The third kappa shape index (κ3) is 3.42. The summed E-state index contributed by atoms with van der Waals surface area (Å²) in [5, 5.41) is 0. The SMILES string of the molecule is COC(=O)c1c(C)c(Br)nc(C)c1OCc1ccccc1. The summed E-state index contributed by atoms with van der Waals surface area (Å²) in [5.41, 5.74) is 2.78. The van der Waals surface area contributed by atoms with Gasteiger partial charge in [0.2, 0.25) is 0 Å². The zero-order chi connectivity index (χ0) is 15.4. The Kier molecular flexibility index (Phi) is 4.96. The van der Waals surface area contributed by atoms with Crippen molar-refractivity contribution >= 4 is 21.9 Å². The van der Waals surface area contributed by atoms with Crippen LogP contribution in [0.4, 0.5) is 0 Å². The van der Waals surface area contributed by atoms with Crippen molar-refractivity contribution in [1.82, 2.24) is 4.98 Å². The van der Waals surface area contributed by atoms with E-state index < -0.39 is 5.97 Å². The van der Waals surface area contributed by atoms with Gasteiger partial charge in [-0.1, -0.05) is 30.3 Å². The van der Waals surface area contributed by atoms with Gasteiger partial charge < -0.3 is 9.47 Å². The third-order valence-corrected chi connectivity index (χ3v) is 3.89. The lowest BCUT2D eigenvalue weighted by molar-refractivity contribution is 0.0594. The van der Waals surface area contributed by atoms with Crippen LogP contribution in [0.5, 0.6) is 5.75 Å². The van der Waals surface area contributed by atoms with E-state index in [9.17, 15) is 4.79 Å². The van der Waals surface area contributed by atoms with Gasteiger partial charge in [0.1, 0.15) is 16.8 Å². The molecule has 0 aliphatic heterocycles. The van der Waals surface area contributed by atoms with Crippen molar-refractivity contribution in [3.63, 3.8) is 0 Å². The molecule has 0 saturated carbocycles. The lowest BCUT2D eigenvalue weighted by Gasteiger charge is -2.15. The van der Waals surface area contributed by atoms with Crippen LogP contribution in [0, 0.1) is 13.8 Å². The van der Waals surface area contributed by atoms with Crippen LogP contribution in [0.25, 0.3) is 0 Å². The first-order chi connectivity index (χ1) is 10.0. The lowest BCUT2D eigenvalue weighted by Crippen LogP contribution is -2.11. The average molecular weight is 350 g/mol. The predicted octanol–water partition coefficient (Wildman–Crippen LogP) is 3.83. The molecular formula is C16H16BrNO3. The van der Waals surface area contributed by atoms with Crippen molar-refractivity contribution in [3.05, 3.63) is 57.3 Å². The van der Waals surface area contributed by atoms with Crippen LogP contribution in [-0.2, 0) is 11.3 Å². The second kappa shape index (κ2) is 6.72. The normalized spacial score (nSPS) is 10.3. The van der Waals surface area contributed by atoms with Gasteiger partial charge in [0.25, 0.3) is 0 Å². The standard InChI is InChI=1S/C16H16BrNO3/c1-10-13(16(19)20-3)14(11(2)18-15(10)17)21-9-12-7-5-4-6-8-12/h4-8H,9H2,1-3H3. The Balaban J connectivity index is 2.38. The van der Waals surface area contributed by atoms with E-state index in [0.29, 0.717) is 33.8 Å². The van der Waals surface area contributed by atoms with Gasteiger partial charge in [-0.3, -0.25) is 0 Å². The number of pyridine rings is 1. The number of carbonyl (C=O) groups excluding carboxylic acids is 1. The fourth-order valence-electron chi connectivity index (χ4n) is 1.99. The second-order valence-electron chi connectivity index (χ2n) is 4.58. The summed E-state index contributed by atoms with van der Waals surface area (Å²) < 4.78 is 11.3. The highest BCUT2D eigenvalue weighted by Crippen LogP contribution is 2.31. The highest BCUT2D eigenvalue weighted by atomic mass is 79.9. The zero-order valence-electron chi connectivity index (χ0n) is 12.1. The monoisotopic (exact) mass is 349 g/mol. The Bertz CT molecular complexity index is 656. The number of halogens is 1. The van der Waals surface area contributed by atoms with E-state index in [1.807, 2.05) is 30.3 Å². The smallest absolute Gasteiger partial charge is 0.342 e. The molecule has 0 unspecified atom stereocenters. The minimum atomic E-state index is -0.429. The first-order valence-corrected chi connectivity index (χ1v) is 7.25. The van der Waals surface area contributed by atoms with Crippen molar-refractivity contribution in [2.24, 2.45) is 0 Å². The van der Waals surface area contributed by atoms with Crippen LogP contribution in [0.15, 0.2) is 34.9 Å². The summed E-state index contributed by atoms with van der Waals surface area (Å²) in [6.45, 7) is 3.98. The summed E-state index contributed by atoms with van der Waals surface area (Å²) in [5.74, 6) is 0.0353. The van der Waals surface area contributed by atoms with E-state index >= 15 is 0 Å². The van der Waals surface area contributed by atoms with Crippen molar-refractivity contribution < 1.29 is 14.3 Å². The van der Waals surface area contributed by atoms with E-state index in [0.717, 1.165) is 5.56 Å². The maximum atomic E-state index is 12.0. The molecule has 0 spiro atoms. The lowest BCUT2D eigenvalue weighted by atomic mass is 10.1. The largest absolute Gasteiger partial charge is 0.486 e. The van der Waals surface area contributed by atoms with Crippen LogP contribution in [0.3, 0.4) is 0 Å². The van der Waals surface area contributed by atoms with Crippen LogP contribution >= 0.6 is 15.9 Å². The molecule has 1 aromatic carbocycles. The fraction of sp³-hybridized carbons (Fsp3) is 0.250. The number of ether oxygens (including phenoxy) is 2.